The summed E-state index contributed by atoms with van der Waals surface area (Å²) >= 11 is 0. The van der Waals surface area contributed by atoms with E-state index in [0.29, 0.717) is 24.0 Å². The van der Waals surface area contributed by atoms with Crippen molar-refractivity contribution in [1.29, 1.82) is 0 Å². The second-order valence-corrected chi connectivity index (χ2v) is 15.6. The maximum atomic E-state index is 14.7. The summed E-state index contributed by atoms with van der Waals surface area (Å²) in [5.74, 6) is 11.4. The third kappa shape index (κ3) is 5.92. The number of unbranched alkanes of at least 4 members (excludes halogenated alkanes) is 2. The Morgan fingerprint density at radius 2 is 0.767 bits per heavy atom. The Kier molecular flexibility index (Phi) is 9.00. The average Bonchev–Trinajstić information content (AvgIpc) is 3.27. The summed E-state index contributed by atoms with van der Waals surface area (Å²) in [5.41, 5.74) is 3.11. The lowest BCUT2D eigenvalue weighted by Gasteiger charge is -2.33. The molecular weight excluding hydrogens is 741 g/mol. The Balaban J connectivity index is 1.23. The van der Waals surface area contributed by atoms with Crippen molar-refractivity contribution in [2.24, 2.45) is 0 Å². The smallest absolute Gasteiger partial charge is 0.262 e. The molecule has 2 aliphatic rings. The molecule has 2 aliphatic heterocycles. The first-order valence-electron chi connectivity index (χ1n) is 20.6. The topological polar surface area (TPSA) is 74.8 Å². The number of carbonyl (C=O) groups is 4. The minimum Gasteiger partial charge on any atom is -0.274 e. The van der Waals surface area contributed by atoms with Crippen molar-refractivity contribution < 1.29 is 19.2 Å². The maximum absolute atomic E-state index is 14.7. The van der Waals surface area contributed by atoms with Crippen molar-refractivity contribution in [3.8, 4) is 23.7 Å². The number of hydrogen-bond donors (Lipinski definition) is 0. The summed E-state index contributed by atoms with van der Waals surface area (Å²) in [4.78, 5) is 60.9. The van der Waals surface area contributed by atoms with Crippen molar-refractivity contribution >= 4 is 77.5 Å². The van der Waals surface area contributed by atoms with Crippen LogP contribution in [0.2, 0.25) is 0 Å². The van der Waals surface area contributed by atoms with Crippen LogP contribution in [-0.2, 0) is 0 Å². The van der Waals surface area contributed by atoms with E-state index >= 15 is 0 Å². The molecule has 2 heterocycles. The summed E-state index contributed by atoms with van der Waals surface area (Å²) in [6.45, 7) is 4.45. The van der Waals surface area contributed by atoms with Gasteiger partial charge < -0.3 is 0 Å². The molecule has 60 heavy (non-hydrogen) atoms. The number of nitrogens with zero attached hydrogens (tertiary/aromatic N) is 2. The van der Waals surface area contributed by atoms with Crippen LogP contribution in [0.25, 0.3) is 53.9 Å². The lowest BCUT2D eigenvalue weighted by Crippen LogP contribution is -2.44. The number of hydrogen-bond acceptors (Lipinski definition) is 4. The molecule has 0 radical (unpaired) electrons. The quantitative estimate of drug-likeness (QED) is 0.0957. The van der Waals surface area contributed by atoms with Gasteiger partial charge in [-0.15, -0.1) is 0 Å². The third-order valence-corrected chi connectivity index (χ3v) is 11.9. The zero-order chi connectivity index (χ0) is 41.1. The monoisotopic (exact) mass is 778 g/mol. The number of benzene rings is 8. The van der Waals surface area contributed by atoms with Crippen LogP contribution in [0.15, 0.2) is 121 Å². The molecular formula is C54H38N2O4. The molecule has 0 saturated carbocycles. The highest BCUT2D eigenvalue weighted by atomic mass is 16.2. The molecule has 288 valence electrons. The summed E-state index contributed by atoms with van der Waals surface area (Å²) in [6, 6.07) is 40.1. The molecule has 0 N–H and O–H groups in total. The van der Waals surface area contributed by atoms with E-state index < -0.39 is 23.6 Å². The van der Waals surface area contributed by atoms with Gasteiger partial charge in [0, 0.05) is 57.2 Å². The molecule has 8 aromatic rings. The van der Waals surface area contributed by atoms with Gasteiger partial charge in [-0.3, -0.25) is 29.0 Å². The number of amides is 4. The summed E-state index contributed by atoms with van der Waals surface area (Å²) in [6.07, 6.45) is 2.77. The van der Waals surface area contributed by atoms with Gasteiger partial charge in [0.25, 0.3) is 23.6 Å². The van der Waals surface area contributed by atoms with Crippen LogP contribution in [-0.4, -0.2) is 46.5 Å². The molecule has 6 nitrogen and oxygen atoms in total. The standard InChI is InChI=1S/C54H38N2O4/c1-3-5-25-55-51(57)45-31-42(24-22-34-18-12-20-40-28-36-14-8-10-16-38(36)30-44(34)40)48-50-46(52(58)56(54(48)60)26-6-4-2)32-41(47(49(45)50)53(55)59)23-21-33-17-11-19-39-27-35-13-7-9-15-37(35)29-43(33)39/h7-20,27-32H,3-6,25-26H2,1-2H3. The Bertz CT molecular complexity index is 3130. The van der Waals surface area contributed by atoms with Gasteiger partial charge in [0.2, 0.25) is 0 Å². The number of carbonyl (C=O) groups excluding carboxylic acids is 4. The highest BCUT2D eigenvalue weighted by Crippen LogP contribution is 2.41. The van der Waals surface area contributed by atoms with E-state index in [1.54, 1.807) is 12.1 Å². The summed E-state index contributed by atoms with van der Waals surface area (Å²) < 4.78 is 0. The molecule has 0 spiro atoms. The van der Waals surface area contributed by atoms with Gasteiger partial charge in [-0.2, -0.15) is 0 Å². The molecule has 0 fully saturated rings. The zero-order valence-electron chi connectivity index (χ0n) is 33.3. The van der Waals surface area contributed by atoms with Gasteiger partial charge in [-0.25, -0.2) is 0 Å². The second-order valence-electron chi connectivity index (χ2n) is 15.6. The van der Waals surface area contributed by atoms with E-state index in [1.165, 1.54) is 9.80 Å². The Morgan fingerprint density at radius 1 is 0.400 bits per heavy atom. The van der Waals surface area contributed by atoms with Gasteiger partial charge >= 0.3 is 0 Å². The van der Waals surface area contributed by atoms with Gasteiger partial charge in [0.1, 0.15) is 0 Å². The minimum absolute atomic E-state index is 0.218. The van der Waals surface area contributed by atoms with E-state index in [-0.39, 0.29) is 46.1 Å². The molecule has 6 heteroatoms. The first-order valence-corrected chi connectivity index (χ1v) is 20.6. The van der Waals surface area contributed by atoms with Gasteiger partial charge in [0.05, 0.1) is 11.1 Å². The fraction of sp³-hybridized carbons (Fsp3) is 0.148. The molecule has 10 rings (SSSR count). The molecule has 0 unspecified atom stereocenters. The van der Waals surface area contributed by atoms with E-state index in [4.69, 9.17) is 0 Å². The van der Waals surface area contributed by atoms with Crippen LogP contribution in [0.4, 0.5) is 0 Å². The zero-order valence-corrected chi connectivity index (χ0v) is 33.3. The predicted octanol–water partition coefficient (Wildman–Crippen LogP) is 11.0. The van der Waals surface area contributed by atoms with Gasteiger partial charge in [-0.05, 0) is 104 Å². The minimum atomic E-state index is -0.484. The number of fused-ring (bicyclic) bond motifs is 4. The van der Waals surface area contributed by atoms with Crippen molar-refractivity contribution in [3.05, 3.63) is 166 Å². The fourth-order valence-corrected chi connectivity index (χ4v) is 8.82. The normalized spacial score (nSPS) is 13.4. The maximum Gasteiger partial charge on any atom is 0.262 e. The van der Waals surface area contributed by atoms with Crippen LogP contribution in [0.3, 0.4) is 0 Å². The van der Waals surface area contributed by atoms with E-state index in [1.807, 2.05) is 62.4 Å². The summed E-state index contributed by atoms with van der Waals surface area (Å²) in [5, 5.41) is 8.96. The molecule has 0 atom stereocenters. The predicted molar refractivity (Wildman–Crippen MR) is 239 cm³/mol. The van der Waals surface area contributed by atoms with Crippen LogP contribution in [0.1, 0.15) is 103 Å². The average molecular weight is 779 g/mol. The largest absolute Gasteiger partial charge is 0.274 e. The van der Waals surface area contributed by atoms with Crippen molar-refractivity contribution in [2.45, 2.75) is 39.5 Å². The highest BCUT2D eigenvalue weighted by molar-refractivity contribution is 6.34. The molecule has 8 aromatic carbocycles. The molecule has 0 saturated heterocycles. The second kappa shape index (κ2) is 14.7. The summed E-state index contributed by atoms with van der Waals surface area (Å²) in [7, 11) is 0. The highest BCUT2D eigenvalue weighted by Gasteiger charge is 2.42. The van der Waals surface area contributed by atoms with E-state index in [9.17, 15) is 19.2 Å². The van der Waals surface area contributed by atoms with Crippen LogP contribution in [0, 0.1) is 23.7 Å². The third-order valence-electron chi connectivity index (χ3n) is 11.9. The van der Waals surface area contributed by atoms with Gasteiger partial charge in [-0.1, -0.05) is 123 Å². The van der Waals surface area contributed by atoms with Crippen molar-refractivity contribution in [1.82, 2.24) is 9.80 Å². The molecule has 0 aliphatic carbocycles. The van der Waals surface area contributed by atoms with Gasteiger partial charge in [0.15, 0.2) is 0 Å². The van der Waals surface area contributed by atoms with Crippen molar-refractivity contribution in [2.75, 3.05) is 13.1 Å². The molecule has 4 amide bonds. The Labute approximate surface area is 347 Å². The molecule has 0 aromatic heterocycles. The Morgan fingerprint density at radius 3 is 1.17 bits per heavy atom. The number of rotatable bonds is 6. The van der Waals surface area contributed by atoms with Crippen LogP contribution in [0.5, 0.6) is 0 Å². The first kappa shape index (κ1) is 36.8. The van der Waals surface area contributed by atoms with E-state index in [0.717, 1.165) is 67.1 Å². The van der Waals surface area contributed by atoms with Crippen LogP contribution < -0.4 is 0 Å². The first-order chi connectivity index (χ1) is 29.3. The SMILES string of the molecule is CCCCN1C(=O)c2cc(C#Cc3cccc4cc5ccccc5cc34)c3c4c(cc(C#Cc5cccc6cc7ccccc7cc56)c(c24)C1=O)C(=O)N(CCCC)C3=O. The molecule has 0 bridgehead atoms. The Hall–Kier alpha value is -7.54. The lowest BCUT2D eigenvalue weighted by molar-refractivity contribution is 0.0586. The number of imide groups is 2. The van der Waals surface area contributed by atoms with Crippen molar-refractivity contribution in [3.63, 3.8) is 0 Å². The van der Waals surface area contributed by atoms with E-state index in [2.05, 4.69) is 84.3 Å². The van der Waals surface area contributed by atoms with Crippen LogP contribution >= 0.6 is 0 Å². The fourth-order valence-electron chi connectivity index (χ4n) is 8.82. The lowest BCUT2D eigenvalue weighted by atomic mass is 9.81.